The molecule has 0 aliphatic heterocycles. The van der Waals surface area contributed by atoms with Crippen LogP contribution >= 0.6 is 11.3 Å². The highest BCUT2D eigenvalue weighted by Gasteiger charge is 2.34. The SMILES string of the molecule is CCNC(=NCc1ccc(S(N)(=O)=O)s1)NCC1(CC(C)C)CCCC1. The standard InChI is InChI=1S/C18H32N4O2S2/c1-4-20-17(21-12-15-7-8-16(25-15)26(19,23)24)22-13-18(11-14(2)3)9-5-6-10-18/h7-8,14H,4-6,9-13H2,1-3H3,(H2,19,23,24)(H2,20,21,22). The molecule has 0 radical (unpaired) electrons. The van der Waals surface area contributed by atoms with Crippen molar-refractivity contribution in [2.45, 2.75) is 63.6 Å². The number of hydrogen-bond acceptors (Lipinski definition) is 4. The van der Waals surface area contributed by atoms with E-state index in [-0.39, 0.29) is 4.21 Å². The van der Waals surface area contributed by atoms with Crippen LogP contribution in [0.4, 0.5) is 0 Å². The van der Waals surface area contributed by atoms with Crippen molar-refractivity contribution >= 4 is 27.3 Å². The summed E-state index contributed by atoms with van der Waals surface area (Å²) in [5.74, 6) is 1.48. The van der Waals surface area contributed by atoms with Gasteiger partial charge >= 0.3 is 0 Å². The molecule has 148 valence electrons. The zero-order chi connectivity index (χ0) is 19.2. The summed E-state index contributed by atoms with van der Waals surface area (Å²) in [7, 11) is -3.63. The second-order valence-electron chi connectivity index (χ2n) is 7.62. The first-order valence-corrected chi connectivity index (χ1v) is 11.7. The molecule has 4 N–H and O–H groups in total. The first kappa shape index (κ1) is 21.2. The highest BCUT2D eigenvalue weighted by molar-refractivity contribution is 7.91. The van der Waals surface area contributed by atoms with E-state index in [2.05, 4.69) is 29.5 Å². The summed E-state index contributed by atoms with van der Waals surface area (Å²) in [5, 5.41) is 12.0. The normalized spacial score (nSPS) is 17.7. The number of hydrogen-bond donors (Lipinski definition) is 3. The number of guanidine groups is 1. The molecule has 0 amide bonds. The molecule has 1 aliphatic carbocycles. The topological polar surface area (TPSA) is 96.6 Å². The third-order valence-corrected chi connectivity index (χ3v) is 7.30. The third-order valence-electron chi connectivity index (χ3n) is 4.79. The van der Waals surface area contributed by atoms with Crippen molar-refractivity contribution in [2.75, 3.05) is 13.1 Å². The van der Waals surface area contributed by atoms with Crippen molar-refractivity contribution in [3.63, 3.8) is 0 Å². The molecule has 0 atom stereocenters. The van der Waals surface area contributed by atoms with Gasteiger partial charge in [-0.05, 0) is 49.7 Å². The maximum Gasteiger partial charge on any atom is 0.247 e. The van der Waals surface area contributed by atoms with Crippen LogP contribution in [0.3, 0.4) is 0 Å². The van der Waals surface area contributed by atoms with E-state index in [9.17, 15) is 8.42 Å². The van der Waals surface area contributed by atoms with E-state index >= 15 is 0 Å². The molecule has 1 saturated carbocycles. The Balaban J connectivity index is 2.01. The molecular formula is C18H32N4O2S2. The van der Waals surface area contributed by atoms with Crippen molar-refractivity contribution in [3.8, 4) is 0 Å². The van der Waals surface area contributed by atoms with Gasteiger partial charge in [-0.1, -0.05) is 26.7 Å². The Morgan fingerprint density at radius 3 is 2.54 bits per heavy atom. The minimum atomic E-state index is -3.63. The van der Waals surface area contributed by atoms with Crippen LogP contribution in [0.15, 0.2) is 21.3 Å². The van der Waals surface area contributed by atoms with Crippen molar-refractivity contribution in [1.82, 2.24) is 10.6 Å². The first-order chi connectivity index (χ1) is 12.2. The molecule has 1 aliphatic rings. The van der Waals surface area contributed by atoms with Crippen LogP contribution in [0.1, 0.15) is 57.8 Å². The second kappa shape index (κ2) is 9.19. The number of sulfonamides is 1. The Morgan fingerprint density at radius 2 is 2.00 bits per heavy atom. The van der Waals surface area contributed by atoms with Gasteiger partial charge in [-0.15, -0.1) is 11.3 Å². The van der Waals surface area contributed by atoms with Gasteiger partial charge in [-0.25, -0.2) is 18.5 Å². The zero-order valence-electron chi connectivity index (χ0n) is 16.0. The summed E-state index contributed by atoms with van der Waals surface area (Å²) < 4.78 is 23.0. The molecule has 0 saturated heterocycles. The van der Waals surface area contributed by atoms with E-state index in [0.717, 1.165) is 23.9 Å². The molecule has 1 aromatic rings. The number of aliphatic imine (C=N–C) groups is 1. The maximum absolute atomic E-state index is 11.4. The minimum absolute atomic E-state index is 0.183. The smallest absolute Gasteiger partial charge is 0.247 e. The van der Waals surface area contributed by atoms with Crippen molar-refractivity contribution in [3.05, 3.63) is 17.0 Å². The van der Waals surface area contributed by atoms with Crippen molar-refractivity contribution < 1.29 is 8.42 Å². The fourth-order valence-electron chi connectivity index (χ4n) is 3.81. The first-order valence-electron chi connectivity index (χ1n) is 9.38. The van der Waals surface area contributed by atoms with Gasteiger partial charge in [0, 0.05) is 18.0 Å². The zero-order valence-corrected chi connectivity index (χ0v) is 17.7. The number of nitrogens with two attached hydrogens (primary N) is 1. The van der Waals surface area contributed by atoms with Gasteiger partial charge in [0.1, 0.15) is 4.21 Å². The Kier molecular flexibility index (Phi) is 7.49. The molecular weight excluding hydrogens is 368 g/mol. The van der Waals surface area contributed by atoms with Gasteiger partial charge in [-0.2, -0.15) is 0 Å². The van der Waals surface area contributed by atoms with Crippen LogP contribution in [0, 0.1) is 11.3 Å². The fraction of sp³-hybridized carbons (Fsp3) is 0.722. The average molecular weight is 401 g/mol. The largest absolute Gasteiger partial charge is 0.357 e. The van der Waals surface area contributed by atoms with Gasteiger partial charge in [0.05, 0.1) is 6.54 Å². The lowest BCUT2D eigenvalue weighted by Crippen LogP contribution is -2.43. The molecule has 2 rings (SSSR count). The lowest BCUT2D eigenvalue weighted by Gasteiger charge is -2.32. The fourth-order valence-corrected chi connectivity index (χ4v) is 5.51. The van der Waals surface area contributed by atoms with E-state index < -0.39 is 10.0 Å². The summed E-state index contributed by atoms with van der Waals surface area (Å²) in [6.07, 6.45) is 6.42. The van der Waals surface area contributed by atoms with E-state index in [1.165, 1.54) is 43.4 Å². The summed E-state index contributed by atoms with van der Waals surface area (Å²) in [6, 6.07) is 3.32. The van der Waals surface area contributed by atoms with Gasteiger partial charge in [0.25, 0.3) is 0 Å². The van der Waals surface area contributed by atoms with Crippen LogP contribution in [-0.2, 0) is 16.6 Å². The van der Waals surface area contributed by atoms with Crippen molar-refractivity contribution in [1.29, 1.82) is 0 Å². The van der Waals surface area contributed by atoms with Crippen LogP contribution < -0.4 is 15.8 Å². The van der Waals surface area contributed by atoms with E-state index in [4.69, 9.17) is 5.14 Å². The third kappa shape index (κ3) is 6.25. The lowest BCUT2D eigenvalue weighted by atomic mass is 9.78. The predicted octanol–water partition coefficient (Wildman–Crippen LogP) is 3.06. The Morgan fingerprint density at radius 1 is 1.31 bits per heavy atom. The van der Waals surface area contributed by atoms with Gasteiger partial charge in [0.15, 0.2) is 5.96 Å². The molecule has 0 bridgehead atoms. The molecule has 1 aromatic heterocycles. The number of primary sulfonamides is 1. The molecule has 1 heterocycles. The van der Waals surface area contributed by atoms with Crippen LogP contribution in [0.25, 0.3) is 0 Å². The highest BCUT2D eigenvalue weighted by atomic mass is 32.2. The Labute approximate surface area is 161 Å². The molecule has 0 spiro atoms. The number of thiophene rings is 1. The van der Waals surface area contributed by atoms with E-state index in [1.807, 2.05) is 6.92 Å². The predicted molar refractivity (Wildman–Crippen MR) is 109 cm³/mol. The number of nitrogens with one attached hydrogen (secondary N) is 2. The molecule has 26 heavy (non-hydrogen) atoms. The van der Waals surface area contributed by atoms with E-state index in [0.29, 0.717) is 17.9 Å². The Hall–Kier alpha value is -1.12. The minimum Gasteiger partial charge on any atom is -0.357 e. The lowest BCUT2D eigenvalue weighted by molar-refractivity contribution is 0.235. The molecule has 0 unspecified atom stereocenters. The monoisotopic (exact) mass is 400 g/mol. The summed E-state index contributed by atoms with van der Waals surface area (Å²) in [4.78, 5) is 5.50. The molecule has 0 aromatic carbocycles. The number of rotatable bonds is 8. The second-order valence-corrected chi connectivity index (χ2v) is 10.6. The van der Waals surface area contributed by atoms with Crippen molar-refractivity contribution in [2.24, 2.45) is 21.5 Å². The highest BCUT2D eigenvalue weighted by Crippen LogP contribution is 2.42. The molecule has 1 fully saturated rings. The summed E-state index contributed by atoms with van der Waals surface area (Å²) in [5.41, 5.74) is 0.369. The maximum atomic E-state index is 11.4. The molecule has 8 heteroatoms. The number of nitrogens with zero attached hydrogens (tertiary/aromatic N) is 1. The van der Waals surface area contributed by atoms with Crippen LogP contribution in [0.2, 0.25) is 0 Å². The Bertz CT molecular complexity index is 705. The summed E-state index contributed by atoms with van der Waals surface area (Å²) in [6.45, 7) is 8.78. The quantitative estimate of drug-likeness (QED) is 0.461. The van der Waals surface area contributed by atoms with Gasteiger partial charge in [0.2, 0.25) is 10.0 Å². The van der Waals surface area contributed by atoms with Crippen LogP contribution in [0.5, 0.6) is 0 Å². The van der Waals surface area contributed by atoms with Gasteiger partial charge in [-0.3, -0.25) is 0 Å². The van der Waals surface area contributed by atoms with E-state index in [1.54, 1.807) is 12.1 Å². The van der Waals surface area contributed by atoms with Gasteiger partial charge < -0.3 is 10.6 Å². The molecule has 6 nitrogen and oxygen atoms in total. The summed E-state index contributed by atoms with van der Waals surface area (Å²) >= 11 is 1.18. The average Bonchev–Trinajstić information content (AvgIpc) is 3.19. The van der Waals surface area contributed by atoms with Crippen LogP contribution in [-0.4, -0.2) is 27.5 Å².